The van der Waals surface area contributed by atoms with Crippen molar-refractivity contribution in [2.45, 2.75) is 32.2 Å². The average Bonchev–Trinajstić information content (AvgIpc) is 2.98. The summed E-state index contributed by atoms with van der Waals surface area (Å²) in [5.74, 6) is 0. The van der Waals surface area contributed by atoms with E-state index >= 15 is 0 Å². The van der Waals surface area contributed by atoms with E-state index in [9.17, 15) is 26.3 Å². The summed E-state index contributed by atoms with van der Waals surface area (Å²) in [4.78, 5) is 0.989. The smallest absolute Gasteiger partial charge is 0.360 e. The van der Waals surface area contributed by atoms with E-state index in [0.29, 0.717) is 0 Å². The average molecular weight is 377 g/mol. The molecule has 140 valence electrons. The molecule has 0 spiro atoms. The zero-order valence-electron chi connectivity index (χ0n) is 13.6. The van der Waals surface area contributed by atoms with Crippen LogP contribution in [0.15, 0.2) is 24.3 Å². The van der Waals surface area contributed by atoms with Crippen LogP contribution in [0.2, 0.25) is 0 Å². The highest BCUT2D eigenvalue weighted by Gasteiger charge is 2.35. The minimum absolute atomic E-state index is 0.0303. The number of tetrazole rings is 1. The fourth-order valence-corrected chi connectivity index (χ4v) is 2.77. The Kier molecular flexibility index (Phi) is 4.20. The van der Waals surface area contributed by atoms with Crippen molar-refractivity contribution in [3.05, 3.63) is 29.8 Å². The zero-order chi connectivity index (χ0) is 19.3. The van der Waals surface area contributed by atoms with Gasteiger partial charge in [0, 0.05) is 17.1 Å². The zero-order valence-corrected chi connectivity index (χ0v) is 13.6. The van der Waals surface area contributed by atoms with Crippen LogP contribution < -0.4 is 4.90 Å². The van der Waals surface area contributed by atoms with Gasteiger partial charge in [-0.05, 0) is 48.5 Å². The summed E-state index contributed by atoms with van der Waals surface area (Å²) in [6, 6.07) is 3.91. The summed E-state index contributed by atoms with van der Waals surface area (Å²) < 4.78 is 80.0. The number of halogens is 6. The van der Waals surface area contributed by atoms with Gasteiger partial charge in [0.1, 0.15) is 6.54 Å². The van der Waals surface area contributed by atoms with Crippen molar-refractivity contribution in [1.82, 2.24) is 20.0 Å². The van der Waals surface area contributed by atoms with E-state index in [1.54, 1.807) is 0 Å². The van der Waals surface area contributed by atoms with Crippen LogP contribution >= 0.6 is 0 Å². The van der Waals surface area contributed by atoms with Gasteiger partial charge in [0.25, 0.3) is 0 Å². The molecule has 2 heterocycles. The number of nitrogens with zero attached hydrogens (tertiary/aromatic N) is 5. The molecule has 0 aliphatic heterocycles. The van der Waals surface area contributed by atoms with Crippen LogP contribution in [0.4, 0.5) is 32.0 Å². The van der Waals surface area contributed by atoms with Crippen LogP contribution in [0, 0.1) is 0 Å². The number of alkyl halides is 6. The maximum atomic E-state index is 13.4. The summed E-state index contributed by atoms with van der Waals surface area (Å²) in [7, 11) is 0. The van der Waals surface area contributed by atoms with Crippen LogP contribution in [-0.2, 0) is 6.18 Å². The number of hydrogen-bond donors (Lipinski definition) is 0. The minimum Gasteiger partial charge on any atom is -0.360 e. The third-order valence-corrected chi connectivity index (χ3v) is 3.88. The molecule has 1 aromatic carbocycles. The number of aromatic nitrogens is 4. The topological polar surface area (TPSA) is 46.3 Å². The molecule has 3 aromatic rings. The summed E-state index contributed by atoms with van der Waals surface area (Å²) in [5, 5.41) is 10.2. The molecule has 2 aromatic heterocycles. The second-order valence-electron chi connectivity index (χ2n) is 6.04. The lowest BCUT2D eigenvalue weighted by molar-refractivity contribution is -0.136. The molecule has 0 unspecified atom stereocenters. The van der Waals surface area contributed by atoms with Gasteiger partial charge in [-0.15, -0.1) is 5.10 Å². The van der Waals surface area contributed by atoms with Crippen molar-refractivity contribution in [1.29, 1.82) is 0 Å². The lowest BCUT2D eigenvalue weighted by Gasteiger charge is -2.30. The van der Waals surface area contributed by atoms with E-state index in [1.807, 2.05) is 0 Å². The summed E-state index contributed by atoms with van der Waals surface area (Å²) in [6.45, 7) is 1.79. The highest BCUT2D eigenvalue weighted by molar-refractivity contribution is 5.88. The molecule has 5 nitrogen and oxygen atoms in total. The summed E-state index contributed by atoms with van der Waals surface area (Å²) in [6.07, 6.45) is -9.21. The molecule has 0 fully saturated rings. The third-order valence-electron chi connectivity index (χ3n) is 3.88. The Morgan fingerprint density at radius 3 is 2.35 bits per heavy atom. The molecule has 0 N–H and O–H groups in total. The van der Waals surface area contributed by atoms with Gasteiger partial charge in [0.15, 0.2) is 5.65 Å². The molecule has 0 saturated carbocycles. The third kappa shape index (κ3) is 3.37. The molecular weight excluding hydrogens is 364 g/mol. The first-order chi connectivity index (χ1) is 12.0. The molecule has 0 saturated heterocycles. The lowest BCUT2D eigenvalue weighted by atomic mass is 10.1. The number of rotatable bonds is 3. The Bertz CT molecular complexity index is 943. The maximum absolute atomic E-state index is 13.4. The van der Waals surface area contributed by atoms with Crippen molar-refractivity contribution < 1.29 is 26.3 Å². The normalized spacial score (nSPS) is 13.1. The molecule has 0 atom stereocenters. The van der Waals surface area contributed by atoms with Gasteiger partial charge in [0.2, 0.25) is 0 Å². The van der Waals surface area contributed by atoms with E-state index in [4.69, 9.17) is 0 Å². The number of benzene rings is 1. The van der Waals surface area contributed by atoms with E-state index in [-0.39, 0.29) is 22.2 Å². The molecule has 11 heteroatoms. The quantitative estimate of drug-likeness (QED) is 0.646. The van der Waals surface area contributed by atoms with E-state index in [1.165, 1.54) is 26.0 Å². The van der Waals surface area contributed by atoms with Gasteiger partial charge in [0.05, 0.1) is 11.1 Å². The Hall–Kier alpha value is -2.59. The fraction of sp³-hybridized carbons (Fsp3) is 0.400. The number of anilines is 1. The van der Waals surface area contributed by atoms with Gasteiger partial charge in [-0.3, -0.25) is 0 Å². The second-order valence-corrected chi connectivity index (χ2v) is 6.04. The lowest BCUT2D eigenvalue weighted by Crippen LogP contribution is -2.39. The van der Waals surface area contributed by atoms with Gasteiger partial charge in [-0.2, -0.15) is 30.9 Å². The Labute approximate surface area is 143 Å². The molecule has 0 radical (unpaired) electrons. The molecule has 3 rings (SSSR count). The van der Waals surface area contributed by atoms with Crippen molar-refractivity contribution in [3.8, 4) is 0 Å². The van der Waals surface area contributed by atoms with Crippen LogP contribution in [0.25, 0.3) is 16.6 Å². The van der Waals surface area contributed by atoms with Gasteiger partial charge in [-0.1, -0.05) is 0 Å². The van der Waals surface area contributed by atoms with E-state index < -0.39 is 30.5 Å². The van der Waals surface area contributed by atoms with Gasteiger partial charge >= 0.3 is 12.4 Å². The van der Waals surface area contributed by atoms with E-state index in [2.05, 4.69) is 15.5 Å². The molecule has 0 bridgehead atoms. The monoisotopic (exact) mass is 377 g/mol. The van der Waals surface area contributed by atoms with Crippen LogP contribution in [-0.4, -0.2) is 38.8 Å². The molecule has 0 aliphatic rings. The highest BCUT2D eigenvalue weighted by atomic mass is 19.4. The first kappa shape index (κ1) is 18.2. The SMILES string of the molecule is CC(C)N(CC(F)(F)F)c1ccc2c(c1)c(C(F)(F)F)cc1nnnn12. The van der Waals surface area contributed by atoms with Crippen LogP contribution in [0.1, 0.15) is 19.4 Å². The largest absolute Gasteiger partial charge is 0.417 e. The predicted molar refractivity (Wildman–Crippen MR) is 81.8 cm³/mol. The Morgan fingerprint density at radius 1 is 1.08 bits per heavy atom. The predicted octanol–water partition coefficient (Wildman–Crippen LogP) is 4.07. The van der Waals surface area contributed by atoms with Crippen molar-refractivity contribution in [2.75, 3.05) is 11.4 Å². The fourth-order valence-electron chi connectivity index (χ4n) is 2.77. The second kappa shape index (κ2) is 5.99. The van der Waals surface area contributed by atoms with Crippen LogP contribution in [0.5, 0.6) is 0 Å². The summed E-state index contributed by atoms with van der Waals surface area (Å²) in [5.41, 5.74) is -1.03. The van der Waals surface area contributed by atoms with Crippen molar-refractivity contribution in [2.24, 2.45) is 0 Å². The first-order valence-corrected chi connectivity index (χ1v) is 7.53. The Balaban J connectivity index is 2.25. The van der Waals surface area contributed by atoms with Gasteiger partial charge in [-0.25, -0.2) is 0 Å². The number of hydrogen-bond acceptors (Lipinski definition) is 4. The first-order valence-electron chi connectivity index (χ1n) is 7.53. The Morgan fingerprint density at radius 2 is 1.77 bits per heavy atom. The highest BCUT2D eigenvalue weighted by Crippen LogP contribution is 2.37. The molecule has 26 heavy (non-hydrogen) atoms. The number of pyridine rings is 1. The minimum atomic E-state index is -4.71. The van der Waals surface area contributed by atoms with E-state index in [0.717, 1.165) is 21.5 Å². The van der Waals surface area contributed by atoms with Gasteiger partial charge < -0.3 is 4.90 Å². The summed E-state index contributed by atoms with van der Waals surface area (Å²) >= 11 is 0. The molecule has 0 aliphatic carbocycles. The van der Waals surface area contributed by atoms with Crippen molar-refractivity contribution >= 4 is 22.2 Å². The van der Waals surface area contributed by atoms with Crippen molar-refractivity contribution in [3.63, 3.8) is 0 Å². The molecular formula is C15H13F6N5. The number of fused-ring (bicyclic) bond motifs is 3. The maximum Gasteiger partial charge on any atom is 0.417 e. The standard InChI is InChI=1S/C15H13F6N5/c1-8(2)25(7-14(16,17)18)9-3-4-12-10(5-9)11(15(19,20)21)6-13-22-23-24-26(12)13/h3-6,8H,7H2,1-2H3. The molecule has 0 amide bonds. The van der Waals surface area contributed by atoms with Crippen LogP contribution in [0.3, 0.4) is 0 Å².